The maximum absolute atomic E-state index is 11.2. The van der Waals surface area contributed by atoms with Crippen LogP contribution in [0.5, 0.6) is 17.2 Å². The first-order chi connectivity index (χ1) is 12.0. The van der Waals surface area contributed by atoms with Crippen LogP contribution in [0.3, 0.4) is 0 Å². The summed E-state index contributed by atoms with van der Waals surface area (Å²) in [6.07, 6.45) is 1.66. The van der Waals surface area contributed by atoms with Gasteiger partial charge in [0.2, 0.25) is 5.91 Å². The summed E-state index contributed by atoms with van der Waals surface area (Å²) in [6, 6.07) is 12.4. The van der Waals surface area contributed by atoms with E-state index in [0.29, 0.717) is 29.4 Å². The summed E-state index contributed by atoms with van der Waals surface area (Å²) in [4.78, 5) is 11.2. The van der Waals surface area contributed by atoms with E-state index in [1.165, 1.54) is 0 Å². The van der Waals surface area contributed by atoms with Crippen molar-refractivity contribution in [3.05, 3.63) is 65.5 Å². The number of carbonyl (C=O) groups excluding carboxylic acids is 1. The van der Waals surface area contributed by atoms with Gasteiger partial charge in [-0.1, -0.05) is 5.21 Å². The average Bonchev–Trinajstić information content (AvgIpc) is 3.01. The van der Waals surface area contributed by atoms with Gasteiger partial charge in [0.05, 0.1) is 11.9 Å². The van der Waals surface area contributed by atoms with Gasteiger partial charge >= 0.3 is 0 Å². The van der Waals surface area contributed by atoms with E-state index in [2.05, 4.69) is 10.3 Å². The zero-order valence-corrected chi connectivity index (χ0v) is 14.0. The van der Waals surface area contributed by atoms with Crippen LogP contribution in [0.25, 0.3) is 0 Å². The molecule has 0 aliphatic rings. The van der Waals surface area contributed by atoms with Crippen molar-refractivity contribution >= 4 is 5.91 Å². The summed E-state index contributed by atoms with van der Waals surface area (Å²) in [5, 5.41) is 7.66. The second kappa shape index (κ2) is 7.04. The van der Waals surface area contributed by atoms with E-state index >= 15 is 0 Å². The van der Waals surface area contributed by atoms with Crippen molar-refractivity contribution in [2.24, 2.45) is 12.8 Å². The van der Waals surface area contributed by atoms with Crippen LogP contribution >= 0.6 is 0 Å². The number of aromatic nitrogens is 3. The quantitative estimate of drug-likeness (QED) is 0.746. The molecule has 2 N–H and O–H groups in total. The fraction of sp³-hybridized carbons (Fsp3) is 0.167. The van der Waals surface area contributed by atoms with Crippen LogP contribution in [0.2, 0.25) is 0 Å². The summed E-state index contributed by atoms with van der Waals surface area (Å²) in [5.41, 5.74) is 7.44. The molecular formula is C18H18N4O3. The lowest BCUT2D eigenvalue weighted by atomic mass is 10.1. The summed E-state index contributed by atoms with van der Waals surface area (Å²) in [7, 11) is 1.81. The Hall–Kier alpha value is -3.35. The van der Waals surface area contributed by atoms with Gasteiger partial charge in [0.25, 0.3) is 0 Å². The van der Waals surface area contributed by atoms with Crippen LogP contribution in [0.1, 0.15) is 21.6 Å². The maximum Gasteiger partial charge on any atom is 0.248 e. The van der Waals surface area contributed by atoms with Crippen molar-refractivity contribution in [3.63, 3.8) is 0 Å². The van der Waals surface area contributed by atoms with Crippen molar-refractivity contribution in [3.8, 4) is 17.2 Å². The first-order valence-corrected chi connectivity index (χ1v) is 7.67. The lowest BCUT2D eigenvalue weighted by molar-refractivity contribution is 0.1000. The first-order valence-electron chi connectivity index (χ1n) is 7.67. The second-order valence-electron chi connectivity index (χ2n) is 5.56. The highest BCUT2D eigenvalue weighted by Crippen LogP contribution is 2.27. The number of ether oxygens (including phenoxy) is 2. The predicted octanol–water partition coefficient (Wildman–Crippen LogP) is 2.59. The molecule has 1 aromatic heterocycles. The minimum absolute atomic E-state index is 0.386. The monoisotopic (exact) mass is 338 g/mol. The first kappa shape index (κ1) is 16.5. The number of rotatable bonds is 6. The molecular weight excluding hydrogens is 320 g/mol. The maximum atomic E-state index is 11.2. The van der Waals surface area contributed by atoms with E-state index in [4.69, 9.17) is 15.2 Å². The largest absolute Gasteiger partial charge is 0.487 e. The number of aryl methyl sites for hydroxylation is 2. The van der Waals surface area contributed by atoms with Gasteiger partial charge < -0.3 is 15.2 Å². The SMILES string of the molecule is Cc1cc(C(N)=O)ccc1Oc1ccc(OCc2cnnn2C)cc1. The molecule has 0 unspecified atom stereocenters. The third kappa shape index (κ3) is 3.95. The number of benzene rings is 2. The number of carbonyl (C=O) groups is 1. The van der Waals surface area contributed by atoms with Crippen LogP contribution in [-0.2, 0) is 13.7 Å². The lowest BCUT2D eigenvalue weighted by Gasteiger charge is -2.11. The van der Waals surface area contributed by atoms with E-state index in [9.17, 15) is 4.79 Å². The number of hydrogen-bond donors (Lipinski definition) is 1. The van der Waals surface area contributed by atoms with E-state index in [-0.39, 0.29) is 0 Å². The van der Waals surface area contributed by atoms with Crippen molar-refractivity contribution in [1.29, 1.82) is 0 Å². The van der Waals surface area contributed by atoms with Crippen LogP contribution in [0, 0.1) is 6.92 Å². The molecule has 7 heteroatoms. The fourth-order valence-electron chi connectivity index (χ4n) is 2.25. The molecule has 25 heavy (non-hydrogen) atoms. The third-order valence-corrected chi connectivity index (χ3v) is 3.71. The van der Waals surface area contributed by atoms with Gasteiger partial charge in [-0.2, -0.15) is 0 Å². The number of nitrogens with zero attached hydrogens (tertiary/aromatic N) is 3. The molecule has 0 atom stereocenters. The van der Waals surface area contributed by atoms with Gasteiger partial charge in [0, 0.05) is 12.6 Å². The van der Waals surface area contributed by atoms with Crippen LogP contribution in [0.15, 0.2) is 48.7 Å². The molecule has 0 radical (unpaired) electrons. The van der Waals surface area contributed by atoms with E-state index in [0.717, 1.165) is 11.3 Å². The minimum atomic E-state index is -0.459. The molecule has 1 heterocycles. The molecule has 7 nitrogen and oxygen atoms in total. The Morgan fingerprint density at radius 2 is 1.88 bits per heavy atom. The molecule has 0 fully saturated rings. The molecule has 0 saturated carbocycles. The van der Waals surface area contributed by atoms with Gasteiger partial charge in [0.1, 0.15) is 23.9 Å². The molecule has 0 spiro atoms. The van der Waals surface area contributed by atoms with E-state index < -0.39 is 5.91 Å². The van der Waals surface area contributed by atoms with Crippen LogP contribution in [0.4, 0.5) is 0 Å². The summed E-state index contributed by atoms with van der Waals surface area (Å²) in [5.74, 6) is 1.60. The molecule has 0 aliphatic carbocycles. The Morgan fingerprint density at radius 3 is 2.48 bits per heavy atom. The van der Waals surface area contributed by atoms with Gasteiger partial charge in [0.15, 0.2) is 0 Å². The highest BCUT2D eigenvalue weighted by molar-refractivity contribution is 5.93. The van der Waals surface area contributed by atoms with Crippen LogP contribution in [-0.4, -0.2) is 20.9 Å². The second-order valence-corrected chi connectivity index (χ2v) is 5.56. The average molecular weight is 338 g/mol. The Balaban J connectivity index is 1.64. The highest BCUT2D eigenvalue weighted by atomic mass is 16.5. The number of amides is 1. The fourth-order valence-corrected chi connectivity index (χ4v) is 2.25. The standard InChI is InChI=1S/C18H18N4O3/c1-12-9-13(18(19)23)3-8-17(12)25-16-6-4-15(5-7-16)24-11-14-10-20-21-22(14)2/h3-10H,11H2,1-2H3,(H2,19,23). The summed E-state index contributed by atoms with van der Waals surface area (Å²) in [6.45, 7) is 2.25. The van der Waals surface area contributed by atoms with Crippen molar-refractivity contribution in [2.45, 2.75) is 13.5 Å². The Bertz CT molecular complexity index is 888. The number of primary amides is 1. The predicted molar refractivity (Wildman–Crippen MR) is 91.5 cm³/mol. The summed E-state index contributed by atoms with van der Waals surface area (Å²) >= 11 is 0. The lowest BCUT2D eigenvalue weighted by Crippen LogP contribution is -2.10. The molecule has 1 amide bonds. The van der Waals surface area contributed by atoms with Crippen molar-refractivity contribution in [1.82, 2.24) is 15.0 Å². The van der Waals surface area contributed by atoms with E-state index in [1.807, 2.05) is 38.2 Å². The van der Waals surface area contributed by atoms with Crippen LogP contribution < -0.4 is 15.2 Å². The van der Waals surface area contributed by atoms with Gasteiger partial charge in [-0.15, -0.1) is 5.10 Å². The molecule has 3 aromatic rings. The van der Waals surface area contributed by atoms with Crippen molar-refractivity contribution in [2.75, 3.05) is 0 Å². The van der Waals surface area contributed by atoms with Gasteiger partial charge in [-0.25, -0.2) is 4.68 Å². The number of nitrogens with two attached hydrogens (primary N) is 1. The molecule has 128 valence electrons. The number of hydrogen-bond acceptors (Lipinski definition) is 5. The molecule has 0 aliphatic heterocycles. The van der Waals surface area contributed by atoms with Gasteiger partial charge in [-0.3, -0.25) is 4.79 Å². The Morgan fingerprint density at radius 1 is 1.16 bits per heavy atom. The highest BCUT2D eigenvalue weighted by Gasteiger charge is 2.07. The normalized spacial score (nSPS) is 10.5. The topological polar surface area (TPSA) is 92.3 Å². The molecule has 0 bridgehead atoms. The van der Waals surface area contributed by atoms with Gasteiger partial charge in [-0.05, 0) is 55.0 Å². The molecule has 3 rings (SSSR count). The zero-order chi connectivity index (χ0) is 17.8. The molecule has 0 saturated heterocycles. The third-order valence-electron chi connectivity index (χ3n) is 3.71. The Kier molecular flexibility index (Phi) is 4.65. The van der Waals surface area contributed by atoms with E-state index in [1.54, 1.807) is 29.1 Å². The Labute approximate surface area is 145 Å². The minimum Gasteiger partial charge on any atom is -0.487 e. The zero-order valence-electron chi connectivity index (χ0n) is 14.0. The summed E-state index contributed by atoms with van der Waals surface area (Å²) < 4.78 is 13.2. The van der Waals surface area contributed by atoms with Crippen molar-refractivity contribution < 1.29 is 14.3 Å². The molecule has 2 aromatic carbocycles. The smallest absolute Gasteiger partial charge is 0.248 e.